The van der Waals surface area contributed by atoms with E-state index in [2.05, 4.69) is 26.1 Å². The van der Waals surface area contributed by atoms with Crippen molar-refractivity contribution in [1.82, 2.24) is 19.2 Å². The number of nitrogens with zero attached hydrogens (tertiary/aromatic N) is 3. The van der Waals surface area contributed by atoms with E-state index in [1.54, 1.807) is 15.9 Å². The first-order valence-electron chi connectivity index (χ1n) is 9.07. The highest BCUT2D eigenvalue weighted by atomic mass is 32.1. The van der Waals surface area contributed by atoms with Gasteiger partial charge in [0.2, 0.25) is 0 Å². The van der Waals surface area contributed by atoms with Gasteiger partial charge in [0.25, 0.3) is 5.56 Å². The van der Waals surface area contributed by atoms with Crippen molar-refractivity contribution in [3.8, 4) is 16.3 Å². The van der Waals surface area contributed by atoms with Crippen molar-refractivity contribution < 1.29 is 0 Å². The summed E-state index contributed by atoms with van der Waals surface area (Å²) in [6, 6.07) is 18.0. The molecule has 0 aliphatic heterocycles. The Morgan fingerprint density at radius 3 is 2.64 bits per heavy atom. The lowest BCUT2D eigenvalue weighted by atomic mass is 10.1. The number of aryl methyl sites for hydroxylation is 1. The van der Waals surface area contributed by atoms with Crippen molar-refractivity contribution in [3.63, 3.8) is 0 Å². The van der Waals surface area contributed by atoms with Crippen LogP contribution in [-0.4, -0.2) is 19.2 Å². The number of fused-ring (bicyclic) bond motifs is 1. The molecule has 0 spiro atoms. The zero-order chi connectivity index (χ0) is 19.1. The van der Waals surface area contributed by atoms with Crippen LogP contribution in [0.3, 0.4) is 0 Å². The van der Waals surface area contributed by atoms with Crippen LogP contribution in [0.15, 0.2) is 77.2 Å². The maximum absolute atomic E-state index is 13.1. The Balaban J connectivity index is 1.62. The van der Waals surface area contributed by atoms with Crippen LogP contribution in [0.5, 0.6) is 0 Å². The smallest absolute Gasteiger partial charge is 0.276 e. The van der Waals surface area contributed by atoms with Gasteiger partial charge in [0.15, 0.2) is 5.65 Å². The van der Waals surface area contributed by atoms with Crippen molar-refractivity contribution >= 4 is 17.0 Å². The molecule has 0 unspecified atom stereocenters. The molecule has 0 radical (unpaired) electrons. The monoisotopic (exact) mass is 386 g/mol. The molecule has 4 heterocycles. The second kappa shape index (κ2) is 6.65. The van der Waals surface area contributed by atoms with Crippen LogP contribution in [0.2, 0.25) is 0 Å². The van der Waals surface area contributed by atoms with Gasteiger partial charge in [-0.25, -0.2) is 9.50 Å². The topological polar surface area (TPSA) is 55.1 Å². The van der Waals surface area contributed by atoms with E-state index in [-0.39, 0.29) is 5.56 Å². The summed E-state index contributed by atoms with van der Waals surface area (Å²) in [7, 11) is 0. The Kier molecular flexibility index (Phi) is 3.98. The van der Waals surface area contributed by atoms with E-state index >= 15 is 0 Å². The maximum atomic E-state index is 13.1. The molecule has 0 saturated heterocycles. The van der Waals surface area contributed by atoms with Crippen LogP contribution in [0.1, 0.15) is 16.8 Å². The summed E-state index contributed by atoms with van der Waals surface area (Å²) in [4.78, 5) is 18.9. The predicted octanol–water partition coefficient (Wildman–Crippen LogP) is 4.44. The third kappa shape index (κ3) is 2.78. The quantitative estimate of drug-likeness (QED) is 0.496. The third-order valence-corrected chi connectivity index (χ3v) is 5.85. The van der Waals surface area contributed by atoms with Gasteiger partial charge in [-0.2, -0.15) is 0 Å². The molecule has 5 nitrogen and oxygen atoms in total. The summed E-state index contributed by atoms with van der Waals surface area (Å²) in [5.74, 6) is 0. The molecular weight excluding hydrogens is 368 g/mol. The summed E-state index contributed by atoms with van der Waals surface area (Å²) < 4.78 is 3.62. The fourth-order valence-electron chi connectivity index (χ4n) is 3.49. The zero-order valence-electron chi connectivity index (χ0n) is 15.3. The standard InChI is InChI=1S/C22H18N4OS/c1-15-17(13-16-7-3-2-4-8-16)22(27)26-20(23-15)14-18(24-26)21-19(9-12-28-21)25-10-5-6-11-25/h2-12,14,24H,13H2,1H3. The molecule has 6 heteroatoms. The molecule has 138 valence electrons. The van der Waals surface area contributed by atoms with Crippen LogP contribution in [-0.2, 0) is 6.42 Å². The first-order chi connectivity index (χ1) is 13.7. The van der Waals surface area contributed by atoms with E-state index in [0.29, 0.717) is 17.6 Å². The van der Waals surface area contributed by atoms with Crippen molar-refractivity contribution in [1.29, 1.82) is 0 Å². The Hall–Kier alpha value is -3.38. The average molecular weight is 386 g/mol. The van der Waals surface area contributed by atoms with Crippen LogP contribution in [0, 0.1) is 6.92 Å². The minimum atomic E-state index is -0.0447. The molecule has 0 saturated carbocycles. The highest BCUT2D eigenvalue weighted by molar-refractivity contribution is 7.14. The Bertz CT molecular complexity index is 1310. The Morgan fingerprint density at radius 1 is 1.07 bits per heavy atom. The van der Waals surface area contributed by atoms with Gasteiger partial charge in [-0.3, -0.25) is 9.89 Å². The first-order valence-corrected chi connectivity index (χ1v) is 9.95. The first kappa shape index (κ1) is 16.8. The van der Waals surface area contributed by atoms with Crippen molar-refractivity contribution in [2.75, 3.05) is 0 Å². The van der Waals surface area contributed by atoms with E-state index in [9.17, 15) is 4.79 Å². The normalized spacial score (nSPS) is 11.3. The summed E-state index contributed by atoms with van der Waals surface area (Å²) in [6.07, 6.45) is 4.60. The van der Waals surface area contributed by atoms with Crippen LogP contribution >= 0.6 is 11.3 Å². The largest absolute Gasteiger partial charge is 0.322 e. The zero-order valence-corrected chi connectivity index (χ0v) is 16.1. The van der Waals surface area contributed by atoms with Gasteiger partial charge < -0.3 is 4.57 Å². The summed E-state index contributed by atoms with van der Waals surface area (Å²) in [5.41, 5.74) is 5.16. The van der Waals surface area contributed by atoms with Gasteiger partial charge >= 0.3 is 0 Å². The lowest BCUT2D eigenvalue weighted by Gasteiger charge is -2.05. The van der Waals surface area contributed by atoms with E-state index < -0.39 is 0 Å². The van der Waals surface area contributed by atoms with Crippen LogP contribution in [0.25, 0.3) is 21.9 Å². The molecule has 5 rings (SSSR count). The van der Waals surface area contributed by atoms with E-state index in [4.69, 9.17) is 0 Å². The Labute approximate surface area is 165 Å². The van der Waals surface area contributed by atoms with Gasteiger partial charge in [0.1, 0.15) is 0 Å². The highest BCUT2D eigenvalue weighted by Gasteiger charge is 2.16. The van der Waals surface area contributed by atoms with E-state index in [1.165, 1.54) is 0 Å². The van der Waals surface area contributed by atoms with Crippen molar-refractivity contribution in [2.45, 2.75) is 13.3 Å². The number of thiophene rings is 1. The molecule has 0 fully saturated rings. The SMILES string of the molecule is Cc1nc2cc(-c3sccc3-n3cccc3)[nH]n2c(=O)c1Cc1ccccc1. The summed E-state index contributed by atoms with van der Waals surface area (Å²) in [6.45, 7) is 1.91. The number of aromatic amines is 1. The molecule has 0 amide bonds. The molecule has 0 atom stereocenters. The Morgan fingerprint density at radius 2 is 1.86 bits per heavy atom. The number of hydrogen-bond donors (Lipinski definition) is 1. The molecule has 0 aliphatic rings. The third-order valence-electron chi connectivity index (χ3n) is 4.91. The number of H-pyrrole nitrogens is 1. The molecule has 1 aromatic carbocycles. The van der Waals surface area contributed by atoms with Gasteiger partial charge in [-0.1, -0.05) is 30.3 Å². The van der Waals surface area contributed by atoms with Gasteiger partial charge in [0.05, 0.1) is 16.3 Å². The van der Waals surface area contributed by atoms with Gasteiger partial charge in [-0.15, -0.1) is 11.3 Å². The minimum Gasteiger partial charge on any atom is -0.322 e. The molecule has 4 aromatic heterocycles. The van der Waals surface area contributed by atoms with Gasteiger partial charge in [0, 0.05) is 36.1 Å². The number of hydrogen-bond acceptors (Lipinski definition) is 3. The lowest BCUT2D eigenvalue weighted by Crippen LogP contribution is -2.22. The summed E-state index contributed by atoms with van der Waals surface area (Å²) >= 11 is 1.64. The number of rotatable bonds is 4. The molecule has 0 aliphatic carbocycles. The predicted molar refractivity (Wildman–Crippen MR) is 112 cm³/mol. The molecule has 1 N–H and O–H groups in total. The number of nitrogens with one attached hydrogen (secondary N) is 1. The average Bonchev–Trinajstić information content (AvgIpc) is 3.44. The van der Waals surface area contributed by atoms with Gasteiger partial charge in [-0.05, 0) is 36.1 Å². The number of benzene rings is 1. The molecule has 0 bridgehead atoms. The fraction of sp³-hybridized carbons (Fsp3) is 0.0909. The molecule has 5 aromatic rings. The second-order valence-electron chi connectivity index (χ2n) is 6.73. The summed E-state index contributed by atoms with van der Waals surface area (Å²) in [5, 5.41) is 5.31. The maximum Gasteiger partial charge on any atom is 0.276 e. The lowest BCUT2D eigenvalue weighted by molar-refractivity contribution is 0.862. The minimum absolute atomic E-state index is 0.0447. The van der Waals surface area contributed by atoms with Crippen LogP contribution < -0.4 is 5.56 Å². The van der Waals surface area contributed by atoms with Crippen molar-refractivity contribution in [2.24, 2.45) is 0 Å². The van der Waals surface area contributed by atoms with Crippen molar-refractivity contribution in [3.05, 3.63) is 99.5 Å². The second-order valence-corrected chi connectivity index (χ2v) is 7.65. The highest BCUT2D eigenvalue weighted by Crippen LogP contribution is 2.31. The molecule has 28 heavy (non-hydrogen) atoms. The fourth-order valence-corrected chi connectivity index (χ4v) is 4.35. The van der Waals surface area contributed by atoms with E-state index in [1.807, 2.05) is 67.8 Å². The molecular formula is C22H18N4OS. The van der Waals surface area contributed by atoms with Crippen LogP contribution in [0.4, 0.5) is 0 Å². The number of aromatic nitrogens is 4. The van der Waals surface area contributed by atoms with E-state index in [0.717, 1.165) is 27.5 Å².